The molecule has 10 heteroatoms. The number of nitrogens with zero attached hydrogens (tertiary/aromatic N) is 2. The summed E-state index contributed by atoms with van der Waals surface area (Å²) in [5, 5.41) is 10.6. The third-order valence-corrected chi connectivity index (χ3v) is 5.88. The molecule has 0 spiro atoms. The molecule has 2 N–H and O–H groups in total. The first-order valence-corrected chi connectivity index (χ1v) is 10.9. The zero-order valence-corrected chi connectivity index (χ0v) is 19.2. The Balaban J connectivity index is 1.64. The predicted molar refractivity (Wildman–Crippen MR) is 117 cm³/mol. The topological polar surface area (TPSA) is 112 Å². The van der Waals surface area contributed by atoms with Crippen molar-refractivity contribution in [3.63, 3.8) is 0 Å². The second kappa shape index (κ2) is 9.09. The highest BCUT2D eigenvalue weighted by atomic mass is 32.1. The van der Waals surface area contributed by atoms with Gasteiger partial charge in [0.2, 0.25) is 0 Å². The van der Waals surface area contributed by atoms with Crippen LogP contribution in [0.4, 0.5) is 9.80 Å². The first-order chi connectivity index (χ1) is 14.6. The Morgan fingerprint density at radius 2 is 2.03 bits per heavy atom. The molecule has 168 valence electrons. The van der Waals surface area contributed by atoms with Crippen molar-refractivity contribution in [3.8, 4) is 0 Å². The number of anilines is 1. The van der Waals surface area contributed by atoms with Crippen LogP contribution >= 0.6 is 11.3 Å². The van der Waals surface area contributed by atoms with Gasteiger partial charge in [-0.25, -0.2) is 9.59 Å². The van der Waals surface area contributed by atoms with Crippen LogP contribution in [0.1, 0.15) is 58.5 Å². The molecule has 3 rings (SSSR count). The maximum absolute atomic E-state index is 12.9. The zero-order chi connectivity index (χ0) is 22.8. The summed E-state index contributed by atoms with van der Waals surface area (Å²) in [5.74, 6) is -0.532. The van der Waals surface area contributed by atoms with Crippen LogP contribution in [-0.4, -0.2) is 47.0 Å². The van der Waals surface area contributed by atoms with Gasteiger partial charge in [0.05, 0.1) is 35.1 Å². The number of nitrogens with one attached hydrogen (secondary N) is 2. The number of hydrogen-bond donors (Lipinski definition) is 2. The summed E-state index contributed by atoms with van der Waals surface area (Å²) in [5.41, 5.74) is 1.22. The van der Waals surface area contributed by atoms with Gasteiger partial charge in [0, 0.05) is 18.0 Å². The summed E-state index contributed by atoms with van der Waals surface area (Å²) in [7, 11) is 1.32. The Kier molecular flexibility index (Phi) is 6.68. The molecule has 2 amide bonds. The number of aromatic nitrogens is 2. The van der Waals surface area contributed by atoms with E-state index in [1.807, 2.05) is 25.5 Å². The fraction of sp³-hybridized carbons (Fsp3) is 0.524. The summed E-state index contributed by atoms with van der Waals surface area (Å²) >= 11 is 1.32. The van der Waals surface area contributed by atoms with Gasteiger partial charge in [0.25, 0.3) is 5.91 Å². The average Bonchev–Trinajstić information content (AvgIpc) is 3.27. The molecule has 1 aliphatic rings. The molecule has 0 saturated heterocycles. The van der Waals surface area contributed by atoms with Crippen molar-refractivity contribution in [3.05, 3.63) is 34.0 Å². The second-order valence-corrected chi connectivity index (χ2v) is 9.75. The molecule has 1 aliphatic heterocycles. The minimum atomic E-state index is -0.547. The van der Waals surface area contributed by atoms with E-state index in [4.69, 9.17) is 9.47 Å². The number of alkyl carbamates (subject to hydrolysis) is 1. The van der Waals surface area contributed by atoms with Crippen molar-refractivity contribution in [1.82, 2.24) is 15.1 Å². The molecule has 9 nitrogen and oxygen atoms in total. The van der Waals surface area contributed by atoms with E-state index in [2.05, 4.69) is 15.7 Å². The molecule has 1 atom stereocenters. The monoisotopic (exact) mass is 448 g/mol. The number of aryl methyl sites for hydroxylation is 2. The molecule has 2 aromatic rings. The summed E-state index contributed by atoms with van der Waals surface area (Å²) in [4.78, 5) is 37.4. The molecule has 31 heavy (non-hydrogen) atoms. The van der Waals surface area contributed by atoms with Crippen molar-refractivity contribution in [2.75, 3.05) is 19.0 Å². The number of hydrogen-bond acceptors (Lipinski definition) is 7. The molecule has 0 bridgehead atoms. The lowest BCUT2D eigenvalue weighted by Gasteiger charge is -2.25. The van der Waals surface area contributed by atoms with Crippen molar-refractivity contribution in [1.29, 1.82) is 0 Å². The highest BCUT2D eigenvalue weighted by Gasteiger charge is 2.27. The minimum absolute atomic E-state index is 0.179. The van der Waals surface area contributed by atoms with Gasteiger partial charge in [0.1, 0.15) is 5.60 Å². The molecule has 0 fully saturated rings. The molecular weight excluding hydrogens is 420 g/mol. The lowest BCUT2D eigenvalue weighted by atomic mass is 9.94. The van der Waals surface area contributed by atoms with Crippen LogP contribution in [-0.2, 0) is 22.4 Å². The summed E-state index contributed by atoms with van der Waals surface area (Å²) in [6.45, 7) is 8.40. The van der Waals surface area contributed by atoms with Crippen LogP contribution in [0, 0.1) is 12.8 Å². The van der Waals surface area contributed by atoms with Gasteiger partial charge in [-0.1, -0.05) is 0 Å². The standard InChI is InChI=1S/C21H28N4O5S/c1-12-14(19(27)29-5)9-17(31-12)24-18(26)15-11-23-25-7-6-13(8-16(15)25)10-22-20(28)30-21(2,3)4/h9,11,13H,6-8,10H2,1-5H3,(H,22,28)(H,24,26). The van der Waals surface area contributed by atoms with Gasteiger partial charge < -0.3 is 20.1 Å². The van der Waals surface area contributed by atoms with Crippen molar-refractivity contribution >= 4 is 34.3 Å². The van der Waals surface area contributed by atoms with E-state index in [-0.39, 0.29) is 11.8 Å². The van der Waals surface area contributed by atoms with Gasteiger partial charge in [-0.2, -0.15) is 5.10 Å². The summed E-state index contributed by atoms with van der Waals surface area (Å²) in [6.07, 6.45) is 2.59. The number of thiophene rings is 1. The van der Waals surface area contributed by atoms with E-state index >= 15 is 0 Å². The van der Waals surface area contributed by atoms with Crippen LogP contribution in [0.5, 0.6) is 0 Å². The number of amides is 2. The number of rotatable bonds is 5. The van der Waals surface area contributed by atoms with E-state index in [1.54, 1.807) is 19.2 Å². The highest BCUT2D eigenvalue weighted by molar-refractivity contribution is 7.16. The normalized spacial score (nSPS) is 15.7. The van der Waals surface area contributed by atoms with Crippen LogP contribution in [0.3, 0.4) is 0 Å². The molecule has 3 heterocycles. The van der Waals surface area contributed by atoms with Gasteiger partial charge in [-0.15, -0.1) is 11.3 Å². The van der Waals surface area contributed by atoms with Crippen molar-refractivity contribution < 1.29 is 23.9 Å². The Labute approximate surface area is 185 Å². The van der Waals surface area contributed by atoms with E-state index in [0.717, 1.165) is 17.0 Å². The van der Waals surface area contributed by atoms with E-state index in [1.165, 1.54) is 18.4 Å². The first-order valence-electron chi connectivity index (χ1n) is 10.1. The van der Waals surface area contributed by atoms with E-state index in [0.29, 0.717) is 35.6 Å². The predicted octanol–water partition coefficient (Wildman–Crippen LogP) is 3.38. The third-order valence-electron chi connectivity index (χ3n) is 4.92. The highest BCUT2D eigenvalue weighted by Crippen LogP contribution is 2.29. The van der Waals surface area contributed by atoms with Crippen LogP contribution in [0.25, 0.3) is 0 Å². The van der Waals surface area contributed by atoms with Gasteiger partial charge in [-0.3, -0.25) is 9.48 Å². The van der Waals surface area contributed by atoms with E-state index in [9.17, 15) is 14.4 Å². The van der Waals surface area contributed by atoms with Crippen LogP contribution in [0.2, 0.25) is 0 Å². The van der Waals surface area contributed by atoms with Crippen molar-refractivity contribution in [2.24, 2.45) is 5.92 Å². The summed E-state index contributed by atoms with van der Waals surface area (Å²) in [6, 6.07) is 1.62. The minimum Gasteiger partial charge on any atom is -0.465 e. The Morgan fingerprint density at radius 1 is 1.29 bits per heavy atom. The SMILES string of the molecule is COC(=O)c1cc(NC(=O)c2cnn3c2CC(CNC(=O)OC(C)(C)C)CC3)sc1C. The Hall–Kier alpha value is -2.88. The van der Waals surface area contributed by atoms with Crippen LogP contribution < -0.4 is 10.6 Å². The smallest absolute Gasteiger partial charge is 0.407 e. The fourth-order valence-corrected chi connectivity index (χ4v) is 4.34. The number of ether oxygens (including phenoxy) is 2. The summed E-state index contributed by atoms with van der Waals surface area (Å²) < 4.78 is 11.9. The number of carbonyl (C=O) groups is 3. The number of fused-ring (bicyclic) bond motifs is 1. The maximum atomic E-state index is 12.9. The molecular formula is C21H28N4O5S. The molecule has 0 aromatic carbocycles. The lowest BCUT2D eigenvalue weighted by molar-refractivity contribution is 0.0515. The molecule has 0 aliphatic carbocycles. The Morgan fingerprint density at radius 3 is 2.71 bits per heavy atom. The average molecular weight is 449 g/mol. The largest absolute Gasteiger partial charge is 0.465 e. The molecule has 1 unspecified atom stereocenters. The van der Waals surface area contributed by atoms with Crippen LogP contribution in [0.15, 0.2) is 12.3 Å². The lowest BCUT2D eigenvalue weighted by Crippen LogP contribution is -2.37. The number of esters is 1. The van der Waals surface area contributed by atoms with E-state index < -0.39 is 17.7 Å². The van der Waals surface area contributed by atoms with Gasteiger partial charge in [0.15, 0.2) is 0 Å². The second-order valence-electron chi connectivity index (χ2n) is 8.50. The molecule has 0 radical (unpaired) electrons. The molecule has 0 saturated carbocycles. The quantitative estimate of drug-likeness (QED) is 0.679. The first kappa shape index (κ1) is 22.8. The fourth-order valence-electron chi connectivity index (χ4n) is 3.44. The van der Waals surface area contributed by atoms with Gasteiger partial charge in [-0.05, 0) is 52.5 Å². The number of carbonyl (C=O) groups excluding carboxylic acids is 3. The van der Waals surface area contributed by atoms with Gasteiger partial charge >= 0.3 is 12.1 Å². The van der Waals surface area contributed by atoms with Crippen molar-refractivity contribution in [2.45, 2.75) is 52.7 Å². The number of methoxy groups -OCH3 is 1. The maximum Gasteiger partial charge on any atom is 0.407 e. The third kappa shape index (κ3) is 5.63. The Bertz CT molecular complexity index is 989. The zero-order valence-electron chi connectivity index (χ0n) is 18.4. The molecule has 2 aromatic heterocycles.